The number of hydrogen-bond donors (Lipinski definition) is 0. The predicted octanol–water partition coefficient (Wildman–Crippen LogP) is 3.94. The second kappa shape index (κ2) is 4.58. The van der Waals surface area contributed by atoms with Crippen molar-refractivity contribution in [2.75, 3.05) is 0 Å². The standard InChI is InChI=1S/C9H9Cl2O/c1-2-5-12-9-4-3-7(10)6-8(9)11/h3-6H,2H2,1H3. The average molecular weight is 204 g/mol. The second-order valence-electron chi connectivity index (χ2n) is 2.27. The molecule has 0 aliphatic rings. The summed E-state index contributed by atoms with van der Waals surface area (Å²) in [6.45, 7) is 3.68. The molecule has 65 valence electrons. The molecule has 0 fully saturated rings. The summed E-state index contributed by atoms with van der Waals surface area (Å²) in [6.07, 6.45) is 0.846. The van der Waals surface area contributed by atoms with Crippen LogP contribution in [0.5, 0.6) is 5.75 Å². The highest BCUT2D eigenvalue weighted by Crippen LogP contribution is 2.27. The quantitative estimate of drug-likeness (QED) is 0.724. The van der Waals surface area contributed by atoms with Gasteiger partial charge in [0, 0.05) is 5.02 Å². The fraction of sp³-hybridized carbons (Fsp3) is 0.222. The molecule has 0 unspecified atom stereocenters. The van der Waals surface area contributed by atoms with E-state index in [1.54, 1.807) is 24.8 Å². The third kappa shape index (κ3) is 2.58. The largest absolute Gasteiger partial charge is 0.485 e. The van der Waals surface area contributed by atoms with Crippen molar-refractivity contribution in [3.63, 3.8) is 0 Å². The van der Waals surface area contributed by atoms with Crippen molar-refractivity contribution in [3.8, 4) is 5.75 Å². The van der Waals surface area contributed by atoms with Gasteiger partial charge in [-0.25, -0.2) is 0 Å². The Morgan fingerprint density at radius 1 is 1.42 bits per heavy atom. The third-order valence-electron chi connectivity index (χ3n) is 1.27. The summed E-state index contributed by atoms with van der Waals surface area (Å²) in [5, 5.41) is 1.15. The van der Waals surface area contributed by atoms with Gasteiger partial charge in [-0.3, -0.25) is 0 Å². The van der Waals surface area contributed by atoms with Crippen molar-refractivity contribution >= 4 is 23.2 Å². The maximum atomic E-state index is 5.84. The van der Waals surface area contributed by atoms with E-state index < -0.39 is 0 Å². The van der Waals surface area contributed by atoms with Crippen LogP contribution < -0.4 is 4.74 Å². The molecular weight excluding hydrogens is 195 g/mol. The van der Waals surface area contributed by atoms with Crippen molar-refractivity contribution in [2.24, 2.45) is 0 Å². The normalized spacial score (nSPS) is 9.92. The Kier molecular flexibility index (Phi) is 3.70. The minimum absolute atomic E-state index is 0.534. The van der Waals surface area contributed by atoms with Crippen LogP contribution in [-0.2, 0) is 0 Å². The highest BCUT2D eigenvalue weighted by molar-refractivity contribution is 6.35. The molecule has 0 amide bonds. The highest BCUT2D eigenvalue weighted by Gasteiger charge is 2.00. The van der Waals surface area contributed by atoms with E-state index in [9.17, 15) is 0 Å². The predicted molar refractivity (Wildman–Crippen MR) is 51.7 cm³/mol. The number of halogens is 2. The zero-order valence-electron chi connectivity index (χ0n) is 6.68. The molecule has 3 heteroatoms. The Balaban J connectivity index is 2.72. The molecule has 0 spiro atoms. The minimum Gasteiger partial charge on any atom is -0.485 e. The van der Waals surface area contributed by atoms with Crippen LogP contribution in [0.1, 0.15) is 13.3 Å². The van der Waals surface area contributed by atoms with Gasteiger partial charge in [-0.2, -0.15) is 0 Å². The van der Waals surface area contributed by atoms with Gasteiger partial charge in [0.2, 0.25) is 0 Å². The van der Waals surface area contributed by atoms with E-state index in [2.05, 4.69) is 0 Å². The van der Waals surface area contributed by atoms with Crippen LogP contribution in [0.15, 0.2) is 18.2 Å². The van der Waals surface area contributed by atoms with Crippen LogP contribution in [-0.4, -0.2) is 0 Å². The van der Waals surface area contributed by atoms with Crippen LogP contribution in [0, 0.1) is 6.61 Å². The molecule has 1 aromatic carbocycles. The van der Waals surface area contributed by atoms with Crippen LogP contribution in [0.25, 0.3) is 0 Å². The summed E-state index contributed by atoms with van der Waals surface area (Å²) >= 11 is 11.5. The molecule has 0 saturated carbocycles. The first-order valence-electron chi connectivity index (χ1n) is 3.67. The summed E-state index contributed by atoms with van der Waals surface area (Å²) < 4.78 is 5.23. The van der Waals surface area contributed by atoms with Gasteiger partial charge in [-0.1, -0.05) is 30.1 Å². The molecular formula is C9H9Cl2O. The second-order valence-corrected chi connectivity index (χ2v) is 3.11. The fourth-order valence-electron chi connectivity index (χ4n) is 0.744. The molecule has 12 heavy (non-hydrogen) atoms. The van der Waals surface area contributed by atoms with Crippen molar-refractivity contribution in [1.82, 2.24) is 0 Å². The summed E-state index contributed by atoms with van der Waals surface area (Å²) in [4.78, 5) is 0. The zero-order valence-corrected chi connectivity index (χ0v) is 8.19. The Labute approximate surface area is 82.2 Å². The number of benzene rings is 1. The topological polar surface area (TPSA) is 9.23 Å². The molecule has 0 aromatic heterocycles. The minimum atomic E-state index is 0.534. The lowest BCUT2D eigenvalue weighted by molar-refractivity contribution is 0.397. The van der Waals surface area contributed by atoms with Gasteiger partial charge in [0.25, 0.3) is 0 Å². The van der Waals surface area contributed by atoms with Crippen molar-refractivity contribution < 1.29 is 4.74 Å². The summed E-state index contributed by atoms with van der Waals surface area (Å²) in [5.41, 5.74) is 0. The maximum Gasteiger partial charge on any atom is 0.138 e. The van der Waals surface area contributed by atoms with Crippen LogP contribution in [0.3, 0.4) is 0 Å². The molecule has 0 heterocycles. The van der Waals surface area contributed by atoms with Gasteiger partial charge in [0.15, 0.2) is 0 Å². The molecule has 0 N–H and O–H groups in total. The van der Waals surface area contributed by atoms with E-state index in [4.69, 9.17) is 27.9 Å². The van der Waals surface area contributed by atoms with Crippen LogP contribution >= 0.6 is 23.2 Å². The molecule has 0 aliphatic heterocycles. The van der Waals surface area contributed by atoms with E-state index in [0.717, 1.165) is 6.42 Å². The van der Waals surface area contributed by atoms with E-state index >= 15 is 0 Å². The Morgan fingerprint density at radius 2 is 2.17 bits per heavy atom. The molecule has 1 nitrogen and oxygen atoms in total. The number of ether oxygens (including phenoxy) is 1. The maximum absolute atomic E-state index is 5.84. The summed E-state index contributed by atoms with van der Waals surface area (Å²) in [5.74, 6) is 0.642. The Morgan fingerprint density at radius 3 is 2.75 bits per heavy atom. The molecule has 0 atom stereocenters. The fourth-order valence-corrected chi connectivity index (χ4v) is 1.20. The smallest absolute Gasteiger partial charge is 0.138 e. The first kappa shape index (κ1) is 9.69. The van der Waals surface area contributed by atoms with E-state index in [-0.39, 0.29) is 0 Å². The van der Waals surface area contributed by atoms with Crippen molar-refractivity contribution in [1.29, 1.82) is 0 Å². The van der Waals surface area contributed by atoms with Crippen molar-refractivity contribution in [3.05, 3.63) is 34.9 Å². The molecule has 1 radical (unpaired) electrons. The van der Waals surface area contributed by atoms with Gasteiger partial charge < -0.3 is 4.74 Å². The highest BCUT2D eigenvalue weighted by atomic mass is 35.5. The van der Waals surface area contributed by atoms with E-state index in [0.29, 0.717) is 15.8 Å². The van der Waals surface area contributed by atoms with Crippen LogP contribution in [0.4, 0.5) is 0 Å². The third-order valence-corrected chi connectivity index (χ3v) is 1.80. The van der Waals surface area contributed by atoms with Gasteiger partial charge >= 0.3 is 0 Å². The lowest BCUT2D eigenvalue weighted by Crippen LogP contribution is -1.88. The zero-order chi connectivity index (χ0) is 8.97. The Hall–Kier alpha value is -0.400. The number of rotatable bonds is 3. The van der Waals surface area contributed by atoms with Gasteiger partial charge in [-0.15, -0.1) is 0 Å². The lowest BCUT2D eigenvalue weighted by atomic mass is 10.3. The monoisotopic (exact) mass is 203 g/mol. The van der Waals surface area contributed by atoms with E-state index in [1.807, 2.05) is 6.92 Å². The van der Waals surface area contributed by atoms with Gasteiger partial charge in [-0.05, 0) is 24.6 Å². The molecule has 0 saturated heterocycles. The van der Waals surface area contributed by atoms with Gasteiger partial charge in [0.05, 0.1) is 5.02 Å². The first-order chi connectivity index (χ1) is 5.74. The molecule has 1 aromatic rings. The molecule has 0 bridgehead atoms. The summed E-state index contributed by atoms with van der Waals surface area (Å²) in [7, 11) is 0. The van der Waals surface area contributed by atoms with Gasteiger partial charge in [0.1, 0.15) is 12.4 Å². The molecule has 0 aliphatic carbocycles. The van der Waals surface area contributed by atoms with Crippen LogP contribution in [0.2, 0.25) is 10.0 Å². The Bertz CT molecular complexity index is 261. The SMILES string of the molecule is CC[CH]Oc1ccc(Cl)cc1Cl. The lowest BCUT2D eigenvalue weighted by Gasteiger charge is -2.05. The molecule has 1 rings (SSSR count). The first-order valence-corrected chi connectivity index (χ1v) is 4.43. The van der Waals surface area contributed by atoms with Crippen molar-refractivity contribution in [2.45, 2.75) is 13.3 Å². The average Bonchev–Trinajstić information content (AvgIpc) is 2.03. The summed E-state index contributed by atoms with van der Waals surface area (Å²) in [6, 6.07) is 5.14. The number of hydrogen-bond acceptors (Lipinski definition) is 1. The van der Waals surface area contributed by atoms with E-state index in [1.165, 1.54) is 0 Å².